The fourth-order valence-corrected chi connectivity index (χ4v) is 6.32. The molecule has 0 saturated heterocycles. The van der Waals surface area contributed by atoms with Crippen molar-refractivity contribution >= 4 is 13.8 Å². The van der Waals surface area contributed by atoms with Crippen molar-refractivity contribution in [3.8, 4) is 0 Å². The Balaban J connectivity index is 4.24. The molecule has 2 unspecified atom stereocenters. The van der Waals surface area contributed by atoms with E-state index >= 15 is 0 Å². The number of likely N-dealkylation sites (N-methyl/N-ethyl adjacent to an activating group) is 1. The zero-order valence-corrected chi connectivity index (χ0v) is 35.4. The van der Waals surface area contributed by atoms with Crippen LogP contribution >= 0.6 is 7.82 Å². The maximum atomic E-state index is 12.6. The molecule has 0 rings (SSSR count). The molecule has 2 atom stereocenters. The van der Waals surface area contributed by atoms with Crippen molar-refractivity contribution in [1.29, 1.82) is 0 Å². The van der Waals surface area contributed by atoms with Crippen LogP contribution in [-0.4, -0.2) is 75.6 Å². The van der Waals surface area contributed by atoms with E-state index in [0.29, 0.717) is 24.1 Å². The third kappa shape index (κ3) is 39.9. The normalized spacial score (nSPS) is 14.2. The monoisotopic (exact) mass is 757 g/mol. The number of nitrogens with zero attached hydrogens (tertiary/aromatic N) is 1. The molecule has 0 spiro atoms. The summed E-state index contributed by atoms with van der Waals surface area (Å²) in [5.74, 6) is -0.327. The van der Waals surface area contributed by atoms with E-state index in [0.717, 1.165) is 51.4 Å². The number of allylic oxidation sites excluding steroid dienone is 6. The maximum Gasteiger partial charge on any atom is 0.472 e. The van der Waals surface area contributed by atoms with Gasteiger partial charge in [-0.2, -0.15) is 0 Å². The molecule has 0 bridgehead atoms. The van der Waals surface area contributed by atoms with Gasteiger partial charge in [0.2, 0.25) is 0 Å². The van der Waals surface area contributed by atoms with Crippen LogP contribution in [0.4, 0.5) is 0 Å². The average Bonchev–Trinajstić information content (AvgIpc) is 3.09. The number of phosphoric ester groups is 1. The fourth-order valence-electron chi connectivity index (χ4n) is 5.58. The van der Waals surface area contributed by atoms with Crippen molar-refractivity contribution in [3.05, 3.63) is 36.5 Å². The van der Waals surface area contributed by atoms with Crippen LogP contribution in [0.5, 0.6) is 0 Å². The number of hydrogen-bond acceptors (Lipinski definition) is 6. The molecule has 0 aromatic heterocycles. The Labute approximate surface area is 321 Å². The standard InChI is InChI=1S/C43H82NO7P/c1-6-8-10-12-14-16-18-20-21-22-23-24-25-27-29-31-33-35-38-48-40-42(41-50-52(46,47)49-39-37-44(3,4)5)51-43(45)36-34-32-30-28-26-19-17-15-13-11-9-7-2/h14-17,20-21,42H,6-13,18-19,22-41H2,1-5H3/p+1/b16-14-,17-15-,21-20-. The summed E-state index contributed by atoms with van der Waals surface area (Å²) in [6, 6.07) is 0. The van der Waals surface area contributed by atoms with Crippen LogP contribution in [0.15, 0.2) is 36.5 Å². The average molecular weight is 757 g/mol. The van der Waals surface area contributed by atoms with Crippen LogP contribution in [0.25, 0.3) is 0 Å². The number of hydrogen-bond donors (Lipinski definition) is 1. The lowest BCUT2D eigenvalue weighted by molar-refractivity contribution is -0.870. The topological polar surface area (TPSA) is 91.3 Å². The Bertz CT molecular complexity index is 931. The van der Waals surface area contributed by atoms with Gasteiger partial charge in [-0.25, -0.2) is 4.57 Å². The maximum absolute atomic E-state index is 12.6. The molecule has 9 heteroatoms. The summed E-state index contributed by atoms with van der Waals surface area (Å²) in [5.41, 5.74) is 0. The van der Waals surface area contributed by atoms with E-state index in [4.69, 9.17) is 18.5 Å². The number of phosphoric acid groups is 1. The van der Waals surface area contributed by atoms with Gasteiger partial charge >= 0.3 is 13.8 Å². The molecule has 0 aliphatic carbocycles. The molecule has 0 aromatic rings. The van der Waals surface area contributed by atoms with Gasteiger partial charge in [0, 0.05) is 13.0 Å². The molecule has 0 radical (unpaired) electrons. The highest BCUT2D eigenvalue weighted by atomic mass is 31.2. The Morgan fingerprint density at radius 1 is 0.596 bits per heavy atom. The number of unbranched alkanes of at least 4 members (excludes halogenated alkanes) is 19. The fraction of sp³-hybridized carbons (Fsp3) is 0.837. The predicted molar refractivity (Wildman–Crippen MR) is 220 cm³/mol. The quantitative estimate of drug-likeness (QED) is 0.0219. The molecule has 8 nitrogen and oxygen atoms in total. The lowest BCUT2D eigenvalue weighted by Gasteiger charge is -2.24. The lowest BCUT2D eigenvalue weighted by Crippen LogP contribution is -2.37. The van der Waals surface area contributed by atoms with E-state index in [1.165, 1.54) is 103 Å². The summed E-state index contributed by atoms with van der Waals surface area (Å²) >= 11 is 0. The molecule has 306 valence electrons. The van der Waals surface area contributed by atoms with Crippen molar-refractivity contribution in [3.63, 3.8) is 0 Å². The Kier molecular flexibility index (Phi) is 35.8. The zero-order valence-electron chi connectivity index (χ0n) is 34.5. The third-order valence-electron chi connectivity index (χ3n) is 8.92. The molecule has 1 N–H and O–H groups in total. The minimum atomic E-state index is -4.27. The second-order valence-corrected chi connectivity index (χ2v) is 16.8. The van der Waals surface area contributed by atoms with Crippen LogP contribution in [0, 0.1) is 0 Å². The summed E-state index contributed by atoms with van der Waals surface area (Å²) < 4.78 is 34.9. The van der Waals surface area contributed by atoms with Crippen molar-refractivity contribution < 1.29 is 37.3 Å². The van der Waals surface area contributed by atoms with Gasteiger partial charge in [0.1, 0.15) is 19.3 Å². The van der Waals surface area contributed by atoms with Crippen molar-refractivity contribution in [2.75, 3.05) is 54.1 Å². The summed E-state index contributed by atoms with van der Waals surface area (Å²) in [5, 5.41) is 0. The van der Waals surface area contributed by atoms with E-state index in [-0.39, 0.29) is 25.8 Å². The van der Waals surface area contributed by atoms with Gasteiger partial charge in [0.05, 0.1) is 34.4 Å². The van der Waals surface area contributed by atoms with Gasteiger partial charge in [0.25, 0.3) is 0 Å². The Hall–Kier alpha value is -1.28. The van der Waals surface area contributed by atoms with E-state index < -0.39 is 13.9 Å². The molecular weight excluding hydrogens is 673 g/mol. The van der Waals surface area contributed by atoms with Gasteiger partial charge in [-0.3, -0.25) is 13.8 Å². The molecular formula is C43H83NO7P+. The predicted octanol–water partition coefficient (Wildman–Crippen LogP) is 12.2. The highest BCUT2D eigenvalue weighted by Gasteiger charge is 2.26. The third-order valence-corrected chi connectivity index (χ3v) is 9.91. The van der Waals surface area contributed by atoms with E-state index in [1.807, 2.05) is 21.1 Å². The summed E-state index contributed by atoms with van der Waals surface area (Å²) in [6.07, 6.45) is 41.7. The number of carbonyl (C=O) groups is 1. The molecule has 0 aliphatic rings. The molecule has 0 aliphatic heterocycles. The number of ether oxygens (including phenoxy) is 2. The molecule has 0 saturated carbocycles. The second-order valence-electron chi connectivity index (χ2n) is 15.4. The molecule has 0 aromatic carbocycles. The lowest BCUT2D eigenvalue weighted by atomic mass is 10.1. The Morgan fingerprint density at radius 3 is 1.58 bits per heavy atom. The zero-order chi connectivity index (χ0) is 38.4. The van der Waals surface area contributed by atoms with Gasteiger partial charge in [0.15, 0.2) is 0 Å². The first-order chi connectivity index (χ1) is 25.1. The van der Waals surface area contributed by atoms with Crippen LogP contribution in [0.2, 0.25) is 0 Å². The van der Waals surface area contributed by atoms with Crippen LogP contribution in [0.3, 0.4) is 0 Å². The summed E-state index contributed by atoms with van der Waals surface area (Å²) in [7, 11) is 1.66. The first kappa shape index (κ1) is 50.7. The first-order valence-corrected chi connectivity index (χ1v) is 22.7. The van der Waals surface area contributed by atoms with Gasteiger partial charge in [-0.1, -0.05) is 134 Å². The smallest absolute Gasteiger partial charge is 0.457 e. The largest absolute Gasteiger partial charge is 0.472 e. The summed E-state index contributed by atoms with van der Waals surface area (Å²) in [4.78, 5) is 22.8. The van der Waals surface area contributed by atoms with Gasteiger partial charge in [-0.15, -0.1) is 0 Å². The minimum Gasteiger partial charge on any atom is -0.457 e. The van der Waals surface area contributed by atoms with Crippen LogP contribution in [0.1, 0.15) is 174 Å². The molecule has 52 heavy (non-hydrogen) atoms. The van der Waals surface area contributed by atoms with Gasteiger partial charge < -0.3 is 18.9 Å². The van der Waals surface area contributed by atoms with Crippen molar-refractivity contribution in [1.82, 2.24) is 0 Å². The second kappa shape index (κ2) is 36.7. The number of carbonyl (C=O) groups excluding carboxylic acids is 1. The Morgan fingerprint density at radius 2 is 1.06 bits per heavy atom. The molecule has 0 fully saturated rings. The molecule has 0 heterocycles. The van der Waals surface area contributed by atoms with Crippen molar-refractivity contribution in [2.24, 2.45) is 0 Å². The number of quaternary nitrogens is 1. The van der Waals surface area contributed by atoms with Gasteiger partial charge in [-0.05, 0) is 70.6 Å². The highest BCUT2D eigenvalue weighted by Crippen LogP contribution is 2.43. The minimum absolute atomic E-state index is 0.0855. The SMILES string of the molecule is CCCCC/C=C\C/C=C\CCCCCCCCCCOCC(COP(=O)(O)OCC[N+](C)(C)C)OC(=O)CCCCCCC/C=C\CCCCC. The number of esters is 1. The number of rotatable bonds is 39. The van der Waals surface area contributed by atoms with Crippen LogP contribution in [-0.2, 0) is 27.9 Å². The van der Waals surface area contributed by atoms with Crippen molar-refractivity contribution in [2.45, 2.75) is 180 Å². The molecule has 0 amide bonds. The first-order valence-electron chi connectivity index (χ1n) is 21.2. The van der Waals surface area contributed by atoms with Crippen LogP contribution < -0.4 is 0 Å². The summed E-state index contributed by atoms with van der Waals surface area (Å²) in [6.45, 7) is 5.55. The van der Waals surface area contributed by atoms with E-state index in [2.05, 4.69) is 50.3 Å². The van der Waals surface area contributed by atoms with E-state index in [9.17, 15) is 14.3 Å². The highest BCUT2D eigenvalue weighted by molar-refractivity contribution is 7.47. The van der Waals surface area contributed by atoms with E-state index in [1.54, 1.807) is 0 Å².